The van der Waals surface area contributed by atoms with Gasteiger partial charge in [0.2, 0.25) is 11.8 Å². The first-order chi connectivity index (χ1) is 7.72. The SMILES string of the molecule is COc1ccc(C=CCCNC(C)=O)nn1. The Morgan fingerprint density at radius 3 is 2.88 bits per heavy atom. The number of hydrogen-bond donors (Lipinski definition) is 1. The summed E-state index contributed by atoms with van der Waals surface area (Å²) in [6, 6.07) is 3.57. The minimum Gasteiger partial charge on any atom is -0.480 e. The summed E-state index contributed by atoms with van der Waals surface area (Å²) < 4.78 is 4.89. The van der Waals surface area contributed by atoms with Gasteiger partial charge in [-0.1, -0.05) is 6.08 Å². The molecule has 0 aromatic carbocycles. The van der Waals surface area contributed by atoms with Crippen LogP contribution in [0, 0.1) is 0 Å². The van der Waals surface area contributed by atoms with E-state index >= 15 is 0 Å². The number of carbonyl (C=O) groups excluding carboxylic acids is 1. The van der Waals surface area contributed by atoms with Gasteiger partial charge in [0, 0.05) is 19.5 Å². The lowest BCUT2D eigenvalue weighted by Gasteiger charge is -1.97. The van der Waals surface area contributed by atoms with Crippen molar-refractivity contribution in [3.8, 4) is 5.88 Å². The van der Waals surface area contributed by atoms with Crippen LogP contribution < -0.4 is 10.1 Å². The van der Waals surface area contributed by atoms with E-state index < -0.39 is 0 Å². The highest BCUT2D eigenvalue weighted by atomic mass is 16.5. The number of ether oxygens (including phenoxy) is 1. The van der Waals surface area contributed by atoms with Gasteiger partial charge in [-0.3, -0.25) is 4.79 Å². The molecule has 0 aliphatic carbocycles. The molecule has 0 atom stereocenters. The second-order valence-electron chi connectivity index (χ2n) is 3.17. The molecule has 0 aliphatic heterocycles. The predicted molar refractivity (Wildman–Crippen MR) is 60.9 cm³/mol. The lowest BCUT2D eigenvalue weighted by molar-refractivity contribution is -0.118. The fourth-order valence-corrected chi connectivity index (χ4v) is 1.06. The Morgan fingerprint density at radius 2 is 2.31 bits per heavy atom. The van der Waals surface area contributed by atoms with Crippen molar-refractivity contribution in [3.05, 3.63) is 23.9 Å². The third-order valence-corrected chi connectivity index (χ3v) is 1.84. The van der Waals surface area contributed by atoms with Crippen LogP contribution in [0.3, 0.4) is 0 Å². The molecule has 1 heterocycles. The molecule has 0 unspecified atom stereocenters. The lowest BCUT2D eigenvalue weighted by atomic mass is 10.3. The molecule has 5 heteroatoms. The molecule has 5 nitrogen and oxygen atoms in total. The smallest absolute Gasteiger partial charge is 0.233 e. The Hall–Kier alpha value is -1.91. The molecule has 0 fully saturated rings. The van der Waals surface area contributed by atoms with Crippen molar-refractivity contribution < 1.29 is 9.53 Å². The summed E-state index contributed by atoms with van der Waals surface area (Å²) in [6.07, 6.45) is 4.56. The maximum absolute atomic E-state index is 10.6. The summed E-state index contributed by atoms with van der Waals surface area (Å²) >= 11 is 0. The van der Waals surface area contributed by atoms with Crippen LogP contribution in [0.5, 0.6) is 5.88 Å². The number of methoxy groups -OCH3 is 1. The average Bonchev–Trinajstić information content (AvgIpc) is 2.29. The zero-order valence-electron chi connectivity index (χ0n) is 9.43. The average molecular weight is 221 g/mol. The number of carbonyl (C=O) groups is 1. The van der Waals surface area contributed by atoms with Crippen LogP contribution >= 0.6 is 0 Å². The molecule has 1 N–H and O–H groups in total. The number of nitrogens with zero attached hydrogens (tertiary/aromatic N) is 2. The number of amides is 1. The van der Waals surface area contributed by atoms with Crippen LogP contribution in [-0.2, 0) is 4.79 Å². The summed E-state index contributed by atoms with van der Waals surface area (Å²) in [4.78, 5) is 10.6. The molecule has 0 saturated heterocycles. The van der Waals surface area contributed by atoms with Crippen LogP contribution in [0.4, 0.5) is 0 Å². The highest BCUT2D eigenvalue weighted by molar-refractivity contribution is 5.72. The third-order valence-electron chi connectivity index (χ3n) is 1.84. The van der Waals surface area contributed by atoms with Gasteiger partial charge in [0.15, 0.2) is 0 Å². The van der Waals surface area contributed by atoms with Crippen molar-refractivity contribution in [2.24, 2.45) is 0 Å². The van der Waals surface area contributed by atoms with E-state index in [1.807, 2.05) is 18.2 Å². The van der Waals surface area contributed by atoms with Crippen molar-refractivity contribution in [1.82, 2.24) is 15.5 Å². The monoisotopic (exact) mass is 221 g/mol. The molecule has 0 aliphatic rings. The van der Waals surface area contributed by atoms with E-state index in [4.69, 9.17) is 4.74 Å². The molecule has 1 amide bonds. The molecule has 0 bridgehead atoms. The molecule has 1 aromatic rings. The van der Waals surface area contributed by atoms with Crippen LogP contribution in [0.25, 0.3) is 6.08 Å². The van der Waals surface area contributed by atoms with E-state index in [-0.39, 0.29) is 5.91 Å². The maximum atomic E-state index is 10.6. The zero-order chi connectivity index (χ0) is 11.8. The summed E-state index contributed by atoms with van der Waals surface area (Å²) in [6.45, 7) is 2.13. The van der Waals surface area contributed by atoms with Gasteiger partial charge in [0.05, 0.1) is 12.8 Å². The van der Waals surface area contributed by atoms with Gasteiger partial charge in [-0.15, -0.1) is 10.2 Å². The quantitative estimate of drug-likeness (QED) is 0.754. The molecule has 86 valence electrons. The van der Waals surface area contributed by atoms with Gasteiger partial charge in [-0.2, -0.15) is 0 Å². The number of rotatable bonds is 5. The first kappa shape index (κ1) is 12.2. The fraction of sp³-hybridized carbons (Fsp3) is 0.364. The van der Waals surface area contributed by atoms with E-state index in [1.165, 1.54) is 6.92 Å². The van der Waals surface area contributed by atoms with Gasteiger partial charge >= 0.3 is 0 Å². The van der Waals surface area contributed by atoms with Crippen molar-refractivity contribution in [2.45, 2.75) is 13.3 Å². The first-order valence-electron chi connectivity index (χ1n) is 5.01. The first-order valence-corrected chi connectivity index (χ1v) is 5.01. The van der Waals surface area contributed by atoms with Crippen LogP contribution in [-0.4, -0.2) is 29.8 Å². The Kier molecular flexibility index (Phi) is 4.98. The van der Waals surface area contributed by atoms with E-state index in [9.17, 15) is 4.79 Å². The van der Waals surface area contributed by atoms with Gasteiger partial charge in [0.1, 0.15) is 0 Å². The van der Waals surface area contributed by atoms with Crippen LogP contribution in [0.15, 0.2) is 18.2 Å². The minimum atomic E-state index is -0.0161. The molecule has 0 saturated carbocycles. The fourth-order valence-electron chi connectivity index (χ4n) is 1.06. The number of aromatic nitrogens is 2. The Bertz CT molecular complexity index is 360. The second-order valence-corrected chi connectivity index (χ2v) is 3.17. The normalized spacial score (nSPS) is 10.4. The summed E-state index contributed by atoms with van der Waals surface area (Å²) in [5.41, 5.74) is 0.767. The van der Waals surface area contributed by atoms with Gasteiger partial charge < -0.3 is 10.1 Å². The van der Waals surface area contributed by atoms with Crippen molar-refractivity contribution in [3.63, 3.8) is 0 Å². The molecular weight excluding hydrogens is 206 g/mol. The predicted octanol–water partition coefficient (Wildman–Crippen LogP) is 1.02. The Balaban J connectivity index is 2.35. The standard InChI is InChI=1S/C11H15N3O2/c1-9(15)12-8-4-3-5-10-6-7-11(16-2)14-13-10/h3,5-7H,4,8H2,1-2H3,(H,12,15). The van der Waals surface area contributed by atoms with E-state index in [1.54, 1.807) is 13.2 Å². The maximum Gasteiger partial charge on any atom is 0.233 e. The van der Waals surface area contributed by atoms with Gasteiger partial charge in [0.25, 0.3) is 0 Å². The highest BCUT2D eigenvalue weighted by Crippen LogP contribution is 2.04. The summed E-state index contributed by atoms with van der Waals surface area (Å²) in [5.74, 6) is 0.480. The van der Waals surface area contributed by atoms with Crippen LogP contribution in [0.2, 0.25) is 0 Å². The molecule has 1 rings (SSSR count). The number of hydrogen-bond acceptors (Lipinski definition) is 4. The Labute approximate surface area is 94.5 Å². The topological polar surface area (TPSA) is 64.1 Å². The lowest BCUT2D eigenvalue weighted by Crippen LogP contribution is -2.20. The summed E-state index contributed by atoms with van der Waals surface area (Å²) in [5, 5.41) is 10.5. The second kappa shape index (κ2) is 6.55. The van der Waals surface area contributed by atoms with Gasteiger partial charge in [-0.25, -0.2) is 0 Å². The van der Waals surface area contributed by atoms with Crippen LogP contribution in [0.1, 0.15) is 19.0 Å². The third kappa shape index (κ3) is 4.54. The van der Waals surface area contributed by atoms with E-state index in [0.717, 1.165) is 12.1 Å². The molecule has 0 spiro atoms. The van der Waals surface area contributed by atoms with Crippen molar-refractivity contribution >= 4 is 12.0 Å². The van der Waals surface area contributed by atoms with E-state index in [2.05, 4.69) is 15.5 Å². The van der Waals surface area contributed by atoms with Crippen molar-refractivity contribution in [2.75, 3.05) is 13.7 Å². The minimum absolute atomic E-state index is 0.0161. The highest BCUT2D eigenvalue weighted by Gasteiger charge is 1.93. The number of nitrogens with one attached hydrogen (secondary N) is 1. The molecule has 1 aromatic heterocycles. The summed E-state index contributed by atoms with van der Waals surface area (Å²) in [7, 11) is 1.55. The van der Waals surface area contributed by atoms with Gasteiger partial charge in [-0.05, 0) is 18.6 Å². The van der Waals surface area contributed by atoms with E-state index in [0.29, 0.717) is 12.4 Å². The Morgan fingerprint density at radius 1 is 1.50 bits per heavy atom. The molecule has 0 radical (unpaired) electrons. The molecular formula is C11H15N3O2. The molecule has 16 heavy (non-hydrogen) atoms. The largest absolute Gasteiger partial charge is 0.480 e. The zero-order valence-corrected chi connectivity index (χ0v) is 9.43. The van der Waals surface area contributed by atoms with Crippen molar-refractivity contribution in [1.29, 1.82) is 0 Å².